The first-order valence-corrected chi connectivity index (χ1v) is 10.1. The van der Waals surface area contributed by atoms with Crippen molar-refractivity contribution in [3.05, 3.63) is 33.6 Å². The second kappa shape index (κ2) is 24.5. The van der Waals surface area contributed by atoms with Gasteiger partial charge >= 0.3 is 47.6 Å². The van der Waals surface area contributed by atoms with E-state index in [1.165, 1.54) is 0 Å². The van der Waals surface area contributed by atoms with E-state index in [2.05, 4.69) is 10.6 Å². The second-order valence-electron chi connectivity index (χ2n) is 2.75. The van der Waals surface area contributed by atoms with Gasteiger partial charge in [-0.1, -0.05) is 0 Å². The molecular formula is C8H20N6NiO4W-6. The van der Waals surface area contributed by atoms with Gasteiger partial charge in [0.05, 0.1) is 0 Å². The number of nitrogens with one attached hydrogen (secondary N) is 4. The standard InChI is InChI=1S/2C4H10N3.Ni.4O.W/c2*5-1-3-7-4-2-6;;;;;;/h2*5-6H,1-4H2;;;;;;/q2*-3;+2;;;2*-1;. The zero-order valence-electron chi connectivity index (χ0n) is 10.9. The second-order valence-corrected chi connectivity index (χ2v) is 5.68. The Labute approximate surface area is 133 Å². The molecule has 0 aromatic carbocycles. The molecule has 0 fully saturated rings. The summed E-state index contributed by atoms with van der Waals surface area (Å²) in [4.78, 5) is 0. The summed E-state index contributed by atoms with van der Waals surface area (Å²) < 4.78 is 34.6. The van der Waals surface area contributed by atoms with Gasteiger partial charge in [0.1, 0.15) is 0 Å². The van der Waals surface area contributed by atoms with E-state index in [-0.39, 0.29) is 16.5 Å². The van der Waals surface area contributed by atoms with Crippen LogP contribution in [0.2, 0.25) is 0 Å². The summed E-state index contributed by atoms with van der Waals surface area (Å²) in [6.45, 7) is 3.83. The first kappa shape index (κ1) is 28.6. The van der Waals surface area contributed by atoms with Crippen molar-refractivity contribution in [1.29, 1.82) is 0 Å². The number of hydrogen-bond donors (Lipinski definition) is 0. The van der Waals surface area contributed by atoms with Gasteiger partial charge in [0.25, 0.3) is 0 Å². The summed E-state index contributed by atoms with van der Waals surface area (Å²) in [5, 5.41) is 7.67. The van der Waals surface area contributed by atoms with Crippen molar-refractivity contribution >= 4 is 0 Å². The molecule has 0 amide bonds. The Morgan fingerprint density at radius 2 is 0.850 bits per heavy atom. The molecule has 4 N–H and O–H groups in total. The summed E-state index contributed by atoms with van der Waals surface area (Å²) in [5.41, 5.74) is 26.5. The van der Waals surface area contributed by atoms with Crippen molar-refractivity contribution < 1.29 is 47.6 Å². The molecule has 0 aliphatic carbocycles. The summed E-state index contributed by atoms with van der Waals surface area (Å²) >= 11 is -6.17. The number of nitrogens with zero attached hydrogens (tertiary/aromatic N) is 2. The van der Waals surface area contributed by atoms with E-state index in [0.717, 1.165) is 0 Å². The maximum absolute atomic E-state index is 8.65. The number of rotatable bonds is 8. The minimum absolute atomic E-state index is 0. The van der Waals surface area contributed by atoms with Crippen molar-refractivity contribution in [2.24, 2.45) is 0 Å². The molecule has 0 saturated heterocycles. The van der Waals surface area contributed by atoms with E-state index in [1.807, 2.05) is 0 Å². The third-order valence-electron chi connectivity index (χ3n) is 1.08. The molecule has 0 aliphatic rings. The van der Waals surface area contributed by atoms with Crippen LogP contribution in [-0.2, 0) is 40.0 Å². The molecule has 10 nitrogen and oxygen atoms in total. The van der Waals surface area contributed by atoms with E-state index < -0.39 is 16.7 Å². The van der Waals surface area contributed by atoms with Gasteiger partial charge in [-0.15, -0.1) is 0 Å². The van der Waals surface area contributed by atoms with Gasteiger partial charge in [-0.3, -0.25) is 0 Å². The van der Waals surface area contributed by atoms with Crippen molar-refractivity contribution in [3.63, 3.8) is 0 Å². The van der Waals surface area contributed by atoms with Crippen molar-refractivity contribution in [2.75, 3.05) is 52.4 Å². The number of hydrogen-bond acceptors (Lipinski definition) is 4. The first-order chi connectivity index (χ1) is 8.83. The quantitative estimate of drug-likeness (QED) is 0.336. The Morgan fingerprint density at radius 1 is 0.700 bits per heavy atom. The van der Waals surface area contributed by atoms with Crippen LogP contribution in [-0.4, -0.2) is 52.4 Å². The molecule has 0 rings (SSSR count). The van der Waals surface area contributed by atoms with Crippen molar-refractivity contribution in [1.82, 2.24) is 0 Å². The van der Waals surface area contributed by atoms with Crippen LogP contribution in [0.15, 0.2) is 0 Å². The van der Waals surface area contributed by atoms with Crippen molar-refractivity contribution in [3.8, 4) is 0 Å². The van der Waals surface area contributed by atoms with E-state index in [0.29, 0.717) is 52.4 Å². The Balaban J connectivity index is -0.0000000952. The average Bonchev–Trinajstić information content (AvgIpc) is 2.29. The predicted octanol–water partition coefficient (Wildman–Crippen LogP) is 0.308. The summed E-state index contributed by atoms with van der Waals surface area (Å²) in [6, 6.07) is 0. The molecule has 0 heterocycles. The molecule has 0 aromatic heterocycles. The minimum atomic E-state index is -6.17. The normalized spacial score (nSPS) is 9.50. The van der Waals surface area contributed by atoms with Crippen LogP contribution >= 0.6 is 0 Å². The monoisotopic (exact) mass is 506 g/mol. The molecule has 0 radical (unpaired) electrons. The van der Waals surface area contributed by atoms with Gasteiger partial charge in [-0.2, -0.15) is 52.4 Å². The molecule has 0 spiro atoms. The third kappa shape index (κ3) is 78.6. The Morgan fingerprint density at radius 3 is 0.950 bits per heavy atom. The molecule has 0 bridgehead atoms. The topological polar surface area (TPSA) is 204 Å². The fourth-order valence-corrected chi connectivity index (χ4v) is 0.540. The molecule has 12 heteroatoms. The Kier molecular flexibility index (Phi) is 35.0. The van der Waals surface area contributed by atoms with Crippen LogP contribution in [0.3, 0.4) is 0 Å². The van der Waals surface area contributed by atoms with Gasteiger partial charge < -0.3 is 33.6 Å². The zero-order chi connectivity index (χ0) is 15.6. The molecular weight excluding hydrogens is 487 g/mol. The van der Waals surface area contributed by atoms with Crippen LogP contribution in [0.5, 0.6) is 0 Å². The molecule has 0 aliphatic heterocycles. The Hall–Kier alpha value is 0.462. The van der Waals surface area contributed by atoms with Crippen LogP contribution in [0.1, 0.15) is 0 Å². The summed E-state index contributed by atoms with van der Waals surface area (Å²) in [5.74, 6) is 0. The third-order valence-corrected chi connectivity index (χ3v) is 1.08. The molecule has 0 aromatic rings. The van der Waals surface area contributed by atoms with E-state index >= 15 is 0 Å². The van der Waals surface area contributed by atoms with Crippen molar-refractivity contribution in [2.45, 2.75) is 0 Å². The van der Waals surface area contributed by atoms with E-state index in [1.54, 1.807) is 0 Å². The maximum atomic E-state index is 8.65. The summed E-state index contributed by atoms with van der Waals surface area (Å²) in [6.07, 6.45) is 0. The van der Waals surface area contributed by atoms with E-state index in [4.69, 9.17) is 37.2 Å². The molecule has 0 unspecified atom stereocenters. The van der Waals surface area contributed by atoms with Gasteiger partial charge in [-0.25, -0.2) is 0 Å². The van der Waals surface area contributed by atoms with Crippen LogP contribution in [0.4, 0.5) is 0 Å². The van der Waals surface area contributed by atoms with Crippen LogP contribution in [0.25, 0.3) is 33.6 Å². The van der Waals surface area contributed by atoms with E-state index in [9.17, 15) is 0 Å². The molecule has 128 valence electrons. The zero-order valence-corrected chi connectivity index (χ0v) is 14.8. The SMILES string of the molecule is [NH-]CC[N-]CC[NH-].[NH-]CC[N-]CC[NH-].[Ni+2].[O]=[W](=[O])([O-])[O-]. The van der Waals surface area contributed by atoms with Gasteiger partial charge in [0.15, 0.2) is 0 Å². The van der Waals surface area contributed by atoms with Gasteiger partial charge in [-0.05, 0) is 0 Å². The van der Waals surface area contributed by atoms with Gasteiger partial charge in [0.2, 0.25) is 0 Å². The average molecular weight is 507 g/mol. The predicted molar refractivity (Wildman–Crippen MR) is 64.3 cm³/mol. The Bertz CT molecular complexity index is 219. The fourth-order valence-electron chi connectivity index (χ4n) is 0.540. The van der Waals surface area contributed by atoms with Crippen LogP contribution in [0, 0.1) is 0 Å². The van der Waals surface area contributed by atoms with Gasteiger partial charge in [0, 0.05) is 0 Å². The van der Waals surface area contributed by atoms with Crippen LogP contribution < -0.4 is 7.52 Å². The molecule has 0 atom stereocenters. The first-order valence-electron chi connectivity index (χ1n) is 5.35. The molecule has 0 saturated carbocycles. The fraction of sp³-hybridized carbons (Fsp3) is 1.00. The summed E-state index contributed by atoms with van der Waals surface area (Å²) in [7, 11) is 0. The molecule has 20 heavy (non-hydrogen) atoms.